The molecule has 3 atom stereocenters. The quantitative estimate of drug-likeness (QED) is 0.604. The number of pyridine rings is 1. The summed E-state index contributed by atoms with van der Waals surface area (Å²) in [4.78, 5) is 21.3. The van der Waals surface area contributed by atoms with Crippen molar-refractivity contribution in [1.82, 2.24) is 24.9 Å². The topological polar surface area (TPSA) is 73.1 Å². The third-order valence-corrected chi connectivity index (χ3v) is 6.19. The van der Waals surface area contributed by atoms with E-state index < -0.39 is 0 Å². The van der Waals surface area contributed by atoms with Gasteiger partial charge in [0.15, 0.2) is 0 Å². The van der Waals surface area contributed by atoms with E-state index >= 15 is 0 Å². The molecule has 1 amide bonds. The molecule has 2 aliphatic heterocycles. The van der Waals surface area contributed by atoms with E-state index in [9.17, 15) is 4.79 Å². The Morgan fingerprint density at radius 1 is 1.10 bits per heavy atom. The number of piperidine rings is 2. The maximum absolute atomic E-state index is 13.5. The van der Waals surface area contributed by atoms with E-state index in [1.165, 1.54) is 4.80 Å². The molecule has 0 radical (unpaired) electrons. The molecular weight excluding hydrogens is 434 g/mol. The zero-order valence-electron chi connectivity index (χ0n) is 15.7. The Bertz CT molecular complexity index is 1010. The Balaban J connectivity index is 1.41. The summed E-state index contributed by atoms with van der Waals surface area (Å²) in [7, 11) is 0. The highest BCUT2D eigenvalue weighted by atomic mass is 79.9. The number of rotatable bonds is 4. The van der Waals surface area contributed by atoms with Crippen molar-refractivity contribution in [3.05, 3.63) is 65.0 Å². The molecule has 3 aliphatic rings. The lowest BCUT2D eigenvalue weighted by molar-refractivity contribution is -0.0313. The summed E-state index contributed by atoms with van der Waals surface area (Å²) in [6.45, 7) is 0.762. The maximum atomic E-state index is 13.5. The highest BCUT2D eigenvalue weighted by Crippen LogP contribution is 2.38. The number of hydrogen-bond donors (Lipinski definition) is 0. The van der Waals surface area contributed by atoms with Gasteiger partial charge in [-0.05, 0) is 59.3 Å². The molecule has 2 aromatic heterocycles. The predicted octanol–water partition coefficient (Wildman–Crippen LogP) is 3.50. The molecule has 3 aromatic rings. The van der Waals surface area contributed by atoms with Crippen LogP contribution in [0.15, 0.2) is 59.5 Å². The number of fused-ring (bicyclic) bond motifs is 3. The van der Waals surface area contributed by atoms with Crippen molar-refractivity contribution in [2.45, 2.75) is 31.4 Å². The zero-order valence-corrected chi connectivity index (χ0v) is 17.3. The monoisotopic (exact) mass is 453 g/mol. The molecule has 2 bridgehead atoms. The number of nitrogens with zero attached hydrogens (tertiary/aromatic N) is 5. The average molecular weight is 454 g/mol. The van der Waals surface area contributed by atoms with Gasteiger partial charge in [-0.2, -0.15) is 15.0 Å². The van der Waals surface area contributed by atoms with Crippen LogP contribution in [0.25, 0.3) is 5.69 Å². The minimum atomic E-state index is -0.0462. The minimum absolute atomic E-state index is 0.00432. The molecule has 1 saturated carbocycles. The Labute approximate surface area is 176 Å². The molecule has 148 valence electrons. The summed E-state index contributed by atoms with van der Waals surface area (Å²) in [5, 5.41) is 8.40. The van der Waals surface area contributed by atoms with Crippen LogP contribution in [-0.4, -0.2) is 49.5 Å². The molecule has 2 saturated heterocycles. The van der Waals surface area contributed by atoms with Crippen LogP contribution in [-0.2, 0) is 0 Å². The zero-order chi connectivity index (χ0) is 19.8. The van der Waals surface area contributed by atoms with Crippen molar-refractivity contribution >= 4 is 21.8 Å². The molecule has 29 heavy (non-hydrogen) atoms. The lowest BCUT2D eigenvalue weighted by Crippen LogP contribution is -2.59. The van der Waals surface area contributed by atoms with Gasteiger partial charge >= 0.3 is 0 Å². The van der Waals surface area contributed by atoms with Gasteiger partial charge in [0.2, 0.25) is 5.88 Å². The van der Waals surface area contributed by atoms with E-state index in [-0.39, 0.29) is 18.1 Å². The number of carbonyl (C=O) groups is 1. The van der Waals surface area contributed by atoms with Gasteiger partial charge in [-0.25, -0.2) is 4.98 Å². The van der Waals surface area contributed by atoms with Crippen LogP contribution in [0.4, 0.5) is 0 Å². The number of hydrogen-bond acceptors (Lipinski definition) is 5. The number of carbonyl (C=O) groups excluding carboxylic acids is 1. The molecule has 1 unspecified atom stereocenters. The van der Waals surface area contributed by atoms with Crippen molar-refractivity contribution in [1.29, 1.82) is 0 Å². The predicted molar refractivity (Wildman–Crippen MR) is 110 cm³/mol. The molecule has 7 nitrogen and oxygen atoms in total. The Kier molecular flexibility index (Phi) is 4.79. The highest BCUT2D eigenvalue weighted by Gasteiger charge is 2.44. The van der Waals surface area contributed by atoms with E-state index in [1.54, 1.807) is 18.6 Å². The van der Waals surface area contributed by atoms with E-state index in [2.05, 4.69) is 31.1 Å². The van der Waals surface area contributed by atoms with Gasteiger partial charge in [-0.1, -0.05) is 12.1 Å². The smallest absolute Gasteiger partial charge is 0.256 e. The fourth-order valence-electron chi connectivity index (χ4n) is 4.40. The van der Waals surface area contributed by atoms with Crippen molar-refractivity contribution in [2.75, 3.05) is 6.54 Å². The van der Waals surface area contributed by atoms with Crippen LogP contribution < -0.4 is 4.74 Å². The van der Waals surface area contributed by atoms with Gasteiger partial charge in [0.1, 0.15) is 6.10 Å². The number of aromatic nitrogens is 4. The Morgan fingerprint density at radius 3 is 2.69 bits per heavy atom. The highest BCUT2D eigenvalue weighted by molar-refractivity contribution is 9.10. The molecule has 6 rings (SSSR count). The van der Waals surface area contributed by atoms with Crippen molar-refractivity contribution in [3.63, 3.8) is 0 Å². The van der Waals surface area contributed by atoms with Crippen molar-refractivity contribution < 1.29 is 9.53 Å². The summed E-state index contributed by atoms with van der Waals surface area (Å²) >= 11 is 3.40. The van der Waals surface area contributed by atoms with Gasteiger partial charge in [0.05, 0.1) is 29.7 Å². The summed E-state index contributed by atoms with van der Waals surface area (Å²) in [6, 6.07) is 11.3. The van der Waals surface area contributed by atoms with E-state index in [0.29, 0.717) is 23.0 Å². The summed E-state index contributed by atoms with van der Waals surface area (Å²) in [5.41, 5.74) is 1.30. The van der Waals surface area contributed by atoms with Crippen LogP contribution in [0.2, 0.25) is 0 Å². The number of halogens is 1. The normalized spacial score (nSPS) is 23.2. The summed E-state index contributed by atoms with van der Waals surface area (Å²) in [5.74, 6) is 1.04. The molecule has 8 heteroatoms. The Morgan fingerprint density at radius 2 is 1.93 bits per heavy atom. The van der Waals surface area contributed by atoms with Crippen LogP contribution in [0.3, 0.4) is 0 Å². The molecule has 0 spiro atoms. The number of para-hydroxylation sites is 1. The van der Waals surface area contributed by atoms with Gasteiger partial charge in [0.25, 0.3) is 5.91 Å². The minimum Gasteiger partial charge on any atom is -0.472 e. The first-order chi connectivity index (χ1) is 14.2. The van der Waals surface area contributed by atoms with Crippen LogP contribution in [0, 0.1) is 5.92 Å². The van der Waals surface area contributed by atoms with Gasteiger partial charge in [0, 0.05) is 23.3 Å². The fraction of sp³-hybridized carbons (Fsp3) is 0.333. The van der Waals surface area contributed by atoms with Crippen LogP contribution in [0.1, 0.15) is 29.6 Å². The van der Waals surface area contributed by atoms with E-state index in [4.69, 9.17) is 4.74 Å². The molecule has 1 aliphatic carbocycles. The Hall–Kier alpha value is -2.74. The molecule has 1 aromatic carbocycles. The average Bonchev–Trinajstić information content (AvgIpc) is 3.30. The third-order valence-electron chi connectivity index (χ3n) is 5.72. The van der Waals surface area contributed by atoms with Gasteiger partial charge in [-0.3, -0.25) is 4.79 Å². The number of amides is 1. The summed E-state index contributed by atoms with van der Waals surface area (Å²) < 4.78 is 7.12. The second-order valence-electron chi connectivity index (χ2n) is 7.51. The first-order valence-corrected chi connectivity index (χ1v) is 10.5. The second-order valence-corrected chi connectivity index (χ2v) is 8.43. The standard InChI is InChI=1S/C21H20BrN5O2/c22-15-6-8-20(23-12-15)29-19-11-14-5-7-18(19)26(13-14)21(28)16-3-1-2-4-17(16)27-24-9-10-25-27/h1-4,6,8-10,12,14,18-19H,5,7,11,13H2/t14?,18-,19+/m0/s1. The van der Waals surface area contributed by atoms with Crippen LogP contribution >= 0.6 is 15.9 Å². The van der Waals surface area contributed by atoms with Gasteiger partial charge < -0.3 is 9.64 Å². The van der Waals surface area contributed by atoms with Crippen molar-refractivity contribution in [3.8, 4) is 11.6 Å². The molecule has 3 fully saturated rings. The van der Waals surface area contributed by atoms with E-state index in [1.807, 2.05) is 41.3 Å². The SMILES string of the molecule is O=C(c1ccccc1-n1nccn1)N1CC2CC[C@H]1[C@H](Oc1ccc(Br)cn1)C2. The van der Waals surface area contributed by atoms with Crippen molar-refractivity contribution in [2.24, 2.45) is 5.92 Å². The summed E-state index contributed by atoms with van der Waals surface area (Å²) in [6.07, 6.45) is 7.93. The van der Waals surface area contributed by atoms with E-state index in [0.717, 1.165) is 30.3 Å². The third kappa shape index (κ3) is 3.53. The van der Waals surface area contributed by atoms with Gasteiger partial charge in [-0.15, -0.1) is 0 Å². The number of benzene rings is 1. The molecular formula is C21H20BrN5O2. The lowest BCUT2D eigenvalue weighted by Gasteiger charge is -2.49. The van der Waals surface area contributed by atoms with Crippen LogP contribution in [0.5, 0.6) is 5.88 Å². The fourth-order valence-corrected chi connectivity index (χ4v) is 4.64. The number of ether oxygens (including phenoxy) is 1. The first-order valence-electron chi connectivity index (χ1n) is 9.74. The first kappa shape index (κ1) is 18.3. The molecule has 4 heterocycles. The maximum Gasteiger partial charge on any atom is 0.256 e. The second kappa shape index (κ2) is 7.59. The molecule has 0 N–H and O–H groups in total. The largest absolute Gasteiger partial charge is 0.472 e. The lowest BCUT2D eigenvalue weighted by atomic mass is 9.77.